The summed E-state index contributed by atoms with van der Waals surface area (Å²) in [6.07, 6.45) is 5.04. The Morgan fingerprint density at radius 1 is 1.04 bits per heavy atom. The molecule has 130 valence electrons. The number of esters is 1. The Morgan fingerprint density at radius 2 is 1.78 bits per heavy atom. The van der Waals surface area contributed by atoms with Crippen molar-refractivity contribution >= 4 is 29.2 Å². The number of carbonyl (C=O) groups excluding carboxylic acids is 1. The molecule has 0 amide bonds. The molecule has 0 N–H and O–H groups in total. The minimum Gasteiger partial charge on any atom is -0.480 e. The molecule has 0 heterocycles. The van der Waals surface area contributed by atoms with Crippen LogP contribution < -0.4 is 4.74 Å². The van der Waals surface area contributed by atoms with Crippen LogP contribution >= 0.6 is 23.2 Å². The van der Waals surface area contributed by atoms with Crippen LogP contribution in [0.2, 0.25) is 10.0 Å². The summed E-state index contributed by atoms with van der Waals surface area (Å²) in [7, 11) is 0. The molecule has 0 spiro atoms. The number of unbranched alkanes of at least 4 members (excludes halogenated alkanes) is 3. The highest BCUT2D eigenvalue weighted by Gasteiger charge is 2.07. The van der Waals surface area contributed by atoms with Crippen LogP contribution in [0.1, 0.15) is 39.0 Å². The van der Waals surface area contributed by atoms with E-state index < -0.39 is 5.97 Å². The average molecular weight is 363 g/mol. The van der Waals surface area contributed by atoms with E-state index in [-0.39, 0.29) is 6.61 Å². The van der Waals surface area contributed by atoms with Crippen molar-refractivity contribution < 1.29 is 19.0 Å². The molecule has 0 fully saturated rings. The van der Waals surface area contributed by atoms with Crippen LogP contribution in [0.5, 0.6) is 5.75 Å². The van der Waals surface area contributed by atoms with E-state index in [4.69, 9.17) is 37.4 Å². The molecule has 0 atom stereocenters. The Balaban J connectivity index is 2.02. The lowest BCUT2D eigenvalue weighted by atomic mass is 10.2. The summed E-state index contributed by atoms with van der Waals surface area (Å²) in [6, 6.07) is 4.83. The molecule has 4 nitrogen and oxygen atoms in total. The second kappa shape index (κ2) is 12.5. The monoisotopic (exact) mass is 362 g/mol. The molecule has 0 saturated carbocycles. The Kier molecular flexibility index (Phi) is 10.9. The van der Waals surface area contributed by atoms with Gasteiger partial charge in [0.25, 0.3) is 0 Å². The zero-order valence-corrected chi connectivity index (χ0v) is 15.0. The predicted molar refractivity (Wildman–Crippen MR) is 92.5 cm³/mol. The summed E-state index contributed by atoms with van der Waals surface area (Å²) in [4.78, 5) is 11.6. The van der Waals surface area contributed by atoms with Crippen molar-refractivity contribution in [1.29, 1.82) is 0 Å². The minimum absolute atomic E-state index is 0.165. The highest BCUT2D eigenvalue weighted by molar-refractivity contribution is 6.35. The summed E-state index contributed by atoms with van der Waals surface area (Å²) in [5.74, 6) is 0.00690. The second-order valence-corrected chi connectivity index (χ2v) is 5.95. The SMILES string of the molecule is CCCCOCCCCCOC(=O)COc1ccc(Cl)cc1Cl. The van der Waals surface area contributed by atoms with Gasteiger partial charge in [0.1, 0.15) is 5.75 Å². The highest BCUT2D eigenvalue weighted by atomic mass is 35.5. The van der Waals surface area contributed by atoms with Crippen molar-refractivity contribution in [3.63, 3.8) is 0 Å². The molecular formula is C17H24Cl2O4. The van der Waals surface area contributed by atoms with Crippen LogP contribution in [-0.2, 0) is 14.3 Å². The van der Waals surface area contributed by atoms with Gasteiger partial charge in [0.15, 0.2) is 6.61 Å². The minimum atomic E-state index is -0.407. The van der Waals surface area contributed by atoms with Crippen LogP contribution in [0.3, 0.4) is 0 Å². The van der Waals surface area contributed by atoms with Crippen LogP contribution in [-0.4, -0.2) is 32.4 Å². The average Bonchev–Trinajstić information content (AvgIpc) is 2.52. The van der Waals surface area contributed by atoms with E-state index in [1.54, 1.807) is 18.2 Å². The fourth-order valence-electron chi connectivity index (χ4n) is 1.79. The topological polar surface area (TPSA) is 44.8 Å². The van der Waals surface area contributed by atoms with E-state index in [2.05, 4.69) is 6.92 Å². The first-order valence-electron chi connectivity index (χ1n) is 7.94. The third-order valence-corrected chi connectivity index (χ3v) is 3.61. The van der Waals surface area contributed by atoms with Crippen molar-refractivity contribution in [2.75, 3.05) is 26.4 Å². The zero-order valence-electron chi connectivity index (χ0n) is 13.5. The standard InChI is InChI=1S/C17H24Cl2O4/c1-2-3-9-21-10-5-4-6-11-22-17(20)13-23-16-8-7-14(18)12-15(16)19/h7-8,12H,2-6,9-11,13H2,1H3. The lowest BCUT2D eigenvalue weighted by Gasteiger charge is -2.08. The van der Waals surface area contributed by atoms with Gasteiger partial charge in [-0.2, -0.15) is 0 Å². The van der Waals surface area contributed by atoms with Gasteiger partial charge in [-0.25, -0.2) is 4.79 Å². The molecule has 0 aromatic heterocycles. The fraction of sp³-hybridized carbons (Fsp3) is 0.588. The largest absolute Gasteiger partial charge is 0.480 e. The molecule has 1 rings (SSSR count). The molecule has 0 aliphatic carbocycles. The summed E-state index contributed by atoms with van der Waals surface area (Å²) in [6.45, 7) is 3.97. The third kappa shape index (κ3) is 9.69. The van der Waals surface area contributed by atoms with Crippen molar-refractivity contribution in [2.45, 2.75) is 39.0 Å². The van der Waals surface area contributed by atoms with Crippen molar-refractivity contribution in [1.82, 2.24) is 0 Å². The van der Waals surface area contributed by atoms with Crippen LogP contribution in [0.4, 0.5) is 0 Å². The van der Waals surface area contributed by atoms with Gasteiger partial charge in [0.2, 0.25) is 0 Å². The zero-order chi connectivity index (χ0) is 16.9. The summed E-state index contributed by atoms with van der Waals surface area (Å²) >= 11 is 11.7. The Bertz CT molecular complexity index is 466. The van der Waals surface area contributed by atoms with E-state index in [1.165, 1.54) is 0 Å². The molecule has 0 aliphatic rings. The lowest BCUT2D eigenvalue weighted by Crippen LogP contribution is -2.15. The Labute approximate surface area is 148 Å². The quantitative estimate of drug-likeness (QED) is 0.391. The van der Waals surface area contributed by atoms with Gasteiger partial charge in [-0.3, -0.25) is 0 Å². The molecule has 0 unspecified atom stereocenters. The number of hydrogen-bond acceptors (Lipinski definition) is 4. The number of hydrogen-bond donors (Lipinski definition) is 0. The van der Waals surface area contributed by atoms with Crippen LogP contribution in [0.15, 0.2) is 18.2 Å². The summed E-state index contributed by atoms with van der Waals surface area (Å²) < 4.78 is 15.9. The predicted octanol–water partition coefficient (Wildman–Crippen LogP) is 4.90. The normalized spacial score (nSPS) is 10.6. The number of halogens is 2. The first kappa shape index (κ1) is 20.1. The molecule has 23 heavy (non-hydrogen) atoms. The number of benzene rings is 1. The highest BCUT2D eigenvalue weighted by Crippen LogP contribution is 2.27. The molecular weight excluding hydrogens is 339 g/mol. The molecule has 0 bridgehead atoms. The smallest absolute Gasteiger partial charge is 0.344 e. The van der Waals surface area contributed by atoms with Crippen LogP contribution in [0, 0.1) is 0 Å². The molecule has 1 aromatic carbocycles. The second-order valence-electron chi connectivity index (χ2n) is 5.11. The van der Waals surface area contributed by atoms with Gasteiger partial charge in [-0.1, -0.05) is 36.5 Å². The molecule has 6 heteroatoms. The molecule has 0 saturated heterocycles. The van der Waals surface area contributed by atoms with E-state index in [0.29, 0.717) is 22.4 Å². The lowest BCUT2D eigenvalue weighted by molar-refractivity contribution is -0.146. The van der Waals surface area contributed by atoms with Crippen LogP contribution in [0.25, 0.3) is 0 Å². The van der Waals surface area contributed by atoms with Gasteiger partial charge in [-0.05, 0) is 43.9 Å². The first-order valence-corrected chi connectivity index (χ1v) is 8.70. The molecule has 0 radical (unpaired) electrons. The number of rotatable bonds is 12. The summed E-state index contributed by atoms with van der Waals surface area (Å²) in [5.41, 5.74) is 0. The van der Waals surface area contributed by atoms with Gasteiger partial charge >= 0.3 is 5.97 Å². The third-order valence-electron chi connectivity index (χ3n) is 3.08. The van der Waals surface area contributed by atoms with Crippen molar-refractivity contribution in [3.05, 3.63) is 28.2 Å². The van der Waals surface area contributed by atoms with E-state index in [0.717, 1.165) is 45.3 Å². The Hall–Kier alpha value is -0.970. The van der Waals surface area contributed by atoms with E-state index in [1.807, 2.05) is 0 Å². The van der Waals surface area contributed by atoms with Gasteiger partial charge < -0.3 is 14.2 Å². The Morgan fingerprint density at radius 3 is 2.52 bits per heavy atom. The molecule has 1 aromatic rings. The van der Waals surface area contributed by atoms with Gasteiger partial charge in [0.05, 0.1) is 11.6 Å². The van der Waals surface area contributed by atoms with Gasteiger partial charge in [0, 0.05) is 18.2 Å². The molecule has 0 aliphatic heterocycles. The summed E-state index contributed by atoms with van der Waals surface area (Å²) in [5, 5.41) is 0.886. The first-order chi connectivity index (χ1) is 11.1. The maximum atomic E-state index is 11.6. The van der Waals surface area contributed by atoms with Gasteiger partial charge in [-0.15, -0.1) is 0 Å². The fourth-order valence-corrected chi connectivity index (χ4v) is 2.25. The maximum Gasteiger partial charge on any atom is 0.344 e. The maximum absolute atomic E-state index is 11.6. The van der Waals surface area contributed by atoms with E-state index >= 15 is 0 Å². The number of ether oxygens (including phenoxy) is 3. The number of carbonyl (C=O) groups is 1. The van der Waals surface area contributed by atoms with Crippen molar-refractivity contribution in [3.8, 4) is 5.75 Å². The van der Waals surface area contributed by atoms with Crippen molar-refractivity contribution in [2.24, 2.45) is 0 Å². The van der Waals surface area contributed by atoms with E-state index in [9.17, 15) is 4.79 Å².